The highest BCUT2D eigenvalue weighted by Gasteiger charge is 2.06. The molecule has 52 valence electrons. The van der Waals surface area contributed by atoms with Crippen molar-refractivity contribution in [2.75, 3.05) is 5.32 Å². The maximum absolute atomic E-state index is 4.08. The second kappa shape index (κ2) is 1.87. The van der Waals surface area contributed by atoms with Crippen LogP contribution < -0.4 is 5.32 Å². The molecule has 0 saturated heterocycles. The smallest absolute Gasteiger partial charge is 0.115 e. The highest BCUT2D eigenvalue weighted by atomic mass is 15.1. The number of aryl methyl sites for hydroxylation is 1. The van der Waals surface area contributed by atoms with Gasteiger partial charge in [0.25, 0.3) is 0 Å². The first-order valence-electron chi connectivity index (χ1n) is 3.27. The lowest BCUT2D eigenvalue weighted by Gasteiger charge is -2.08. The van der Waals surface area contributed by atoms with Crippen LogP contribution in [0.2, 0.25) is 0 Å². The molecule has 0 aromatic carbocycles. The van der Waals surface area contributed by atoms with Crippen molar-refractivity contribution in [1.29, 1.82) is 0 Å². The van der Waals surface area contributed by atoms with E-state index in [0.717, 1.165) is 12.4 Å². The van der Waals surface area contributed by atoms with Crippen LogP contribution in [0.5, 0.6) is 0 Å². The number of hydrogen-bond donors (Lipinski definition) is 1. The highest BCUT2D eigenvalue weighted by molar-refractivity contribution is 5.77. The number of aromatic nitrogens is 1. The quantitative estimate of drug-likeness (QED) is 0.564. The van der Waals surface area contributed by atoms with E-state index in [1.165, 1.54) is 5.56 Å². The number of nitrogens with zero attached hydrogens (tertiary/aromatic N) is 2. The van der Waals surface area contributed by atoms with Gasteiger partial charge in [-0.15, -0.1) is 0 Å². The number of fused-ring (bicyclic) bond motifs is 1. The van der Waals surface area contributed by atoms with Crippen LogP contribution in [0.3, 0.4) is 0 Å². The average molecular weight is 135 g/mol. The number of rotatable bonds is 0. The summed E-state index contributed by atoms with van der Waals surface area (Å²) in [5.74, 6) is 1.16. The molecule has 0 fully saturated rings. The van der Waals surface area contributed by atoms with Gasteiger partial charge < -0.3 is 9.88 Å². The predicted molar refractivity (Wildman–Crippen MR) is 41.2 cm³/mol. The summed E-state index contributed by atoms with van der Waals surface area (Å²) in [5.41, 5.74) is 1.27. The third-order valence-electron chi connectivity index (χ3n) is 1.71. The topological polar surface area (TPSA) is 29.3 Å². The fraction of sp³-hybridized carbons (Fsp3) is 0.286. The third kappa shape index (κ3) is 0.635. The highest BCUT2D eigenvalue weighted by Crippen LogP contribution is 2.18. The normalized spacial score (nSPS) is 14.5. The van der Waals surface area contributed by atoms with Gasteiger partial charge in [0.2, 0.25) is 0 Å². The van der Waals surface area contributed by atoms with E-state index in [9.17, 15) is 0 Å². The van der Waals surface area contributed by atoms with E-state index in [2.05, 4.69) is 20.9 Å². The summed E-state index contributed by atoms with van der Waals surface area (Å²) in [5, 5.41) is 3.08. The number of anilines is 1. The van der Waals surface area contributed by atoms with Crippen molar-refractivity contribution in [2.45, 2.75) is 6.54 Å². The van der Waals surface area contributed by atoms with E-state index in [4.69, 9.17) is 0 Å². The molecule has 3 nitrogen and oxygen atoms in total. The molecular formula is C7H9N3. The minimum atomic E-state index is 0.809. The zero-order valence-corrected chi connectivity index (χ0v) is 5.83. The summed E-state index contributed by atoms with van der Waals surface area (Å²) < 4.78 is 2.06. The van der Waals surface area contributed by atoms with Crippen molar-refractivity contribution >= 4 is 12.2 Å². The Morgan fingerprint density at radius 3 is 3.40 bits per heavy atom. The van der Waals surface area contributed by atoms with Gasteiger partial charge in [0.15, 0.2) is 0 Å². The number of hydrogen-bond acceptors (Lipinski definition) is 2. The Hall–Kier alpha value is -1.25. The molecule has 2 heterocycles. The molecular weight excluding hydrogens is 126 g/mol. The maximum Gasteiger partial charge on any atom is 0.115 e. The predicted octanol–water partition coefficient (Wildman–Crippen LogP) is 0.979. The minimum Gasteiger partial charge on any atom is -0.337 e. The number of nitrogens with one attached hydrogen (secondary N) is 1. The SMILES string of the molecule is Cn1ccc2c1NC=NC2. The molecule has 1 N–H and O–H groups in total. The van der Waals surface area contributed by atoms with Gasteiger partial charge in [-0.2, -0.15) is 0 Å². The summed E-state index contributed by atoms with van der Waals surface area (Å²) in [7, 11) is 2.02. The lowest BCUT2D eigenvalue weighted by atomic mass is 10.3. The first-order chi connectivity index (χ1) is 4.88. The van der Waals surface area contributed by atoms with Crippen LogP contribution in [0.15, 0.2) is 17.3 Å². The molecule has 0 aliphatic carbocycles. The van der Waals surface area contributed by atoms with Gasteiger partial charge >= 0.3 is 0 Å². The van der Waals surface area contributed by atoms with E-state index >= 15 is 0 Å². The van der Waals surface area contributed by atoms with Crippen LogP contribution >= 0.6 is 0 Å². The summed E-state index contributed by atoms with van der Waals surface area (Å²) in [6.45, 7) is 0.809. The lowest BCUT2D eigenvalue weighted by molar-refractivity contribution is 0.923. The molecule has 1 aromatic heterocycles. The molecule has 0 spiro atoms. The lowest BCUT2D eigenvalue weighted by Crippen LogP contribution is -2.06. The monoisotopic (exact) mass is 135 g/mol. The molecule has 1 aliphatic rings. The molecule has 0 bridgehead atoms. The molecule has 0 saturated carbocycles. The van der Waals surface area contributed by atoms with Gasteiger partial charge in [-0.3, -0.25) is 4.99 Å². The average Bonchev–Trinajstić information content (AvgIpc) is 2.34. The van der Waals surface area contributed by atoms with E-state index in [0.29, 0.717) is 0 Å². The van der Waals surface area contributed by atoms with Crippen LogP contribution in [-0.4, -0.2) is 10.9 Å². The summed E-state index contributed by atoms with van der Waals surface area (Å²) in [4.78, 5) is 4.08. The van der Waals surface area contributed by atoms with Crippen molar-refractivity contribution in [1.82, 2.24) is 4.57 Å². The molecule has 0 unspecified atom stereocenters. The zero-order valence-electron chi connectivity index (χ0n) is 5.83. The molecule has 1 aromatic rings. The summed E-state index contributed by atoms with van der Waals surface area (Å²) >= 11 is 0. The summed E-state index contributed by atoms with van der Waals surface area (Å²) in [6.07, 6.45) is 3.77. The minimum absolute atomic E-state index is 0.809. The molecule has 1 aliphatic heterocycles. The maximum atomic E-state index is 4.08. The Labute approximate surface area is 59.4 Å². The first kappa shape index (κ1) is 5.53. The van der Waals surface area contributed by atoms with E-state index in [1.54, 1.807) is 6.34 Å². The van der Waals surface area contributed by atoms with Gasteiger partial charge in [-0.25, -0.2) is 0 Å². The second-order valence-corrected chi connectivity index (χ2v) is 2.41. The first-order valence-corrected chi connectivity index (χ1v) is 3.27. The Kier molecular flexibility index (Phi) is 1.03. The van der Waals surface area contributed by atoms with Gasteiger partial charge in [0.05, 0.1) is 12.9 Å². The standard InChI is InChI=1S/C7H9N3/c1-10-3-2-6-4-8-5-9-7(6)10/h2-3,5H,4H2,1H3,(H,8,9). The van der Waals surface area contributed by atoms with Crippen molar-refractivity contribution in [2.24, 2.45) is 12.0 Å². The van der Waals surface area contributed by atoms with Crippen molar-refractivity contribution in [3.63, 3.8) is 0 Å². The van der Waals surface area contributed by atoms with Gasteiger partial charge in [0.1, 0.15) is 5.82 Å². The molecule has 3 heteroatoms. The fourth-order valence-electron chi connectivity index (χ4n) is 1.15. The second-order valence-electron chi connectivity index (χ2n) is 2.41. The van der Waals surface area contributed by atoms with Crippen LogP contribution in [0, 0.1) is 0 Å². The molecule has 2 rings (SSSR count). The fourth-order valence-corrected chi connectivity index (χ4v) is 1.15. The van der Waals surface area contributed by atoms with E-state index in [1.807, 2.05) is 13.2 Å². The van der Waals surface area contributed by atoms with Gasteiger partial charge in [-0.1, -0.05) is 0 Å². The third-order valence-corrected chi connectivity index (χ3v) is 1.71. The Balaban J connectivity index is 2.50. The molecule has 0 atom stereocenters. The Morgan fingerprint density at radius 1 is 1.70 bits per heavy atom. The van der Waals surface area contributed by atoms with Gasteiger partial charge in [0, 0.05) is 18.8 Å². The van der Waals surface area contributed by atoms with Crippen LogP contribution in [0.4, 0.5) is 5.82 Å². The summed E-state index contributed by atoms with van der Waals surface area (Å²) in [6, 6.07) is 2.08. The largest absolute Gasteiger partial charge is 0.337 e. The Morgan fingerprint density at radius 2 is 2.60 bits per heavy atom. The molecule has 10 heavy (non-hydrogen) atoms. The molecule has 0 radical (unpaired) electrons. The van der Waals surface area contributed by atoms with E-state index in [-0.39, 0.29) is 0 Å². The zero-order chi connectivity index (χ0) is 6.97. The van der Waals surface area contributed by atoms with Crippen molar-refractivity contribution in [3.8, 4) is 0 Å². The van der Waals surface area contributed by atoms with Crippen LogP contribution in [0.25, 0.3) is 0 Å². The van der Waals surface area contributed by atoms with E-state index < -0.39 is 0 Å². The van der Waals surface area contributed by atoms with Crippen LogP contribution in [0.1, 0.15) is 5.56 Å². The van der Waals surface area contributed by atoms with Crippen molar-refractivity contribution in [3.05, 3.63) is 17.8 Å². The Bertz CT molecular complexity index is 272. The van der Waals surface area contributed by atoms with Crippen molar-refractivity contribution < 1.29 is 0 Å². The van der Waals surface area contributed by atoms with Gasteiger partial charge in [-0.05, 0) is 6.07 Å². The number of aliphatic imine (C=N–C) groups is 1. The van der Waals surface area contributed by atoms with Crippen LogP contribution in [-0.2, 0) is 13.6 Å². The molecule has 0 amide bonds.